The van der Waals surface area contributed by atoms with Crippen LogP contribution in [0.5, 0.6) is 0 Å². The van der Waals surface area contributed by atoms with Crippen LogP contribution in [0, 0.1) is 5.82 Å². The summed E-state index contributed by atoms with van der Waals surface area (Å²) in [5.41, 5.74) is 3.29. The molecular weight excluding hydrogens is 499 g/mol. The van der Waals surface area contributed by atoms with Gasteiger partial charge in [-0.05, 0) is 89.2 Å². The van der Waals surface area contributed by atoms with E-state index in [0.29, 0.717) is 43.7 Å². The summed E-state index contributed by atoms with van der Waals surface area (Å²) in [6.07, 6.45) is 2.83. The number of aromatic nitrogens is 2. The van der Waals surface area contributed by atoms with Crippen molar-refractivity contribution >= 4 is 17.7 Å². The first kappa shape index (κ1) is 28.3. The fourth-order valence-electron chi connectivity index (χ4n) is 4.71. The Hall–Kier alpha value is -3.72. The molecule has 0 radical (unpaired) electrons. The molecule has 3 aromatic rings. The van der Waals surface area contributed by atoms with Gasteiger partial charge in [0, 0.05) is 42.5 Å². The van der Waals surface area contributed by atoms with Crippen molar-refractivity contribution in [1.29, 1.82) is 0 Å². The number of aryl methyl sites for hydroxylation is 1. The molecule has 0 bridgehead atoms. The molecule has 1 saturated heterocycles. The van der Waals surface area contributed by atoms with E-state index in [-0.39, 0.29) is 16.9 Å². The molecule has 2 heterocycles. The van der Waals surface area contributed by atoms with Gasteiger partial charge < -0.3 is 14.7 Å². The minimum Gasteiger partial charge on any atom is -0.478 e. The third kappa shape index (κ3) is 6.30. The smallest absolute Gasteiger partial charge is 0.415 e. The average molecular weight is 537 g/mol. The quantitative estimate of drug-likeness (QED) is 0.364. The summed E-state index contributed by atoms with van der Waals surface area (Å²) in [6.45, 7) is 11.8. The average Bonchev–Trinajstić information content (AvgIpc) is 3.44. The molecule has 0 aliphatic carbocycles. The van der Waals surface area contributed by atoms with Gasteiger partial charge in [-0.2, -0.15) is 5.10 Å². The highest BCUT2D eigenvalue weighted by atomic mass is 19.1. The third-order valence-electron chi connectivity index (χ3n) is 7.11. The zero-order valence-electron chi connectivity index (χ0n) is 23.5. The SMILES string of the molecule is CCc1cc(-c2nn(C(C)(C)C)cc2CN(C)CCC2(C)CN(c3ccc(C(=O)O)cc3)C(=O)O2)ccc1F. The summed E-state index contributed by atoms with van der Waals surface area (Å²) < 4.78 is 21.9. The number of amides is 1. The van der Waals surface area contributed by atoms with Gasteiger partial charge in [-0.1, -0.05) is 6.92 Å². The lowest BCUT2D eigenvalue weighted by Crippen LogP contribution is -2.35. The summed E-state index contributed by atoms with van der Waals surface area (Å²) in [5, 5.41) is 14.0. The van der Waals surface area contributed by atoms with Crippen molar-refractivity contribution in [2.45, 2.75) is 65.1 Å². The molecule has 1 aliphatic rings. The standard InChI is InChI=1S/C30H37FN4O4/c1-7-20-16-22(10-13-25(20)31)26-23(18-35(32-26)29(2,3)4)17-33(6)15-14-30(5)19-34(28(38)39-30)24-11-8-21(9-12-24)27(36)37/h8-13,16,18H,7,14-15,17,19H2,1-6H3,(H,36,37). The van der Waals surface area contributed by atoms with Crippen LogP contribution in [0.1, 0.15) is 62.5 Å². The molecule has 9 heteroatoms. The van der Waals surface area contributed by atoms with Crippen LogP contribution in [0.3, 0.4) is 0 Å². The highest BCUT2D eigenvalue weighted by molar-refractivity contribution is 5.92. The van der Waals surface area contributed by atoms with Gasteiger partial charge in [-0.25, -0.2) is 14.0 Å². The Morgan fingerprint density at radius 1 is 1.18 bits per heavy atom. The zero-order chi connectivity index (χ0) is 28.5. The molecule has 1 aromatic heterocycles. The van der Waals surface area contributed by atoms with Gasteiger partial charge in [-0.15, -0.1) is 0 Å². The number of hydrogen-bond acceptors (Lipinski definition) is 5. The van der Waals surface area contributed by atoms with E-state index in [0.717, 1.165) is 16.8 Å². The first-order valence-electron chi connectivity index (χ1n) is 13.2. The Kier molecular flexibility index (Phi) is 7.84. The molecule has 1 atom stereocenters. The number of carboxylic acids is 1. The number of carbonyl (C=O) groups is 2. The minimum absolute atomic E-state index is 0.163. The van der Waals surface area contributed by atoms with Crippen molar-refractivity contribution < 1.29 is 23.8 Å². The summed E-state index contributed by atoms with van der Waals surface area (Å²) >= 11 is 0. The summed E-state index contributed by atoms with van der Waals surface area (Å²) in [7, 11) is 2.02. The molecule has 8 nitrogen and oxygen atoms in total. The fourth-order valence-corrected chi connectivity index (χ4v) is 4.71. The second-order valence-electron chi connectivity index (χ2n) is 11.5. The van der Waals surface area contributed by atoms with E-state index in [2.05, 4.69) is 31.9 Å². The predicted molar refractivity (Wildman–Crippen MR) is 149 cm³/mol. The van der Waals surface area contributed by atoms with Crippen LogP contribution in [0.25, 0.3) is 11.3 Å². The zero-order valence-corrected chi connectivity index (χ0v) is 23.5. The van der Waals surface area contributed by atoms with Crippen molar-refractivity contribution in [3.63, 3.8) is 0 Å². The van der Waals surface area contributed by atoms with Crippen molar-refractivity contribution in [1.82, 2.24) is 14.7 Å². The Morgan fingerprint density at radius 2 is 1.87 bits per heavy atom. The van der Waals surface area contributed by atoms with Crippen LogP contribution in [0.4, 0.5) is 14.9 Å². The lowest BCUT2D eigenvalue weighted by molar-refractivity contribution is 0.0567. The number of hydrogen-bond donors (Lipinski definition) is 1. The van der Waals surface area contributed by atoms with Crippen molar-refractivity contribution in [2.75, 3.05) is 25.0 Å². The first-order valence-corrected chi connectivity index (χ1v) is 13.2. The van der Waals surface area contributed by atoms with Crippen molar-refractivity contribution in [3.05, 3.63) is 71.2 Å². The van der Waals surface area contributed by atoms with E-state index < -0.39 is 17.7 Å². The lowest BCUT2D eigenvalue weighted by Gasteiger charge is -2.25. The number of aromatic carboxylic acids is 1. The third-order valence-corrected chi connectivity index (χ3v) is 7.11. The van der Waals surface area contributed by atoms with Gasteiger partial charge in [0.25, 0.3) is 0 Å². The summed E-state index contributed by atoms with van der Waals surface area (Å²) in [4.78, 5) is 27.5. The minimum atomic E-state index is -1.01. The van der Waals surface area contributed by atoms with Crippen LogP contribution in [-0.2, 0) is 23.2 Å². The lowest BCUT2D eigenvalue weighted by atomic mass is 10.0. The molecule has 2 aromatic carbocycles. The van der Waals surface area contributed by atoms with E-state index in [1.54, 1.807) is 18.2 Å². The number of cyclic esters (lactones) is 1. The number of benzene rings is 2. The second-order valence-corrected chi connectivity index (χ2v) is 11.5. The van der Waals surface area contributed by atoms with Gasteiger partial charge in [0.1, 0.15) is 11.4 Å². The van der Waals surface area contributed by atoms with E-state index in [9.17, 15) is 14.0 Å². The summed E-state index contributed by atoms with van der Waals surface area (Å²) in [5.74, 6) is -1.22. The molecule has 39 heavy (non-hydrogen) atoms. The summed E-state index contributed by atoms with van der Waals surface area (Å²) in [6, 6.07) is 11.4. The highest BCUT2D eigenvalue weighted by Crippen LogP contribution is 2.32. The van der Waals surface area contributed by atoms with Crippen LogP contribution in [-0.4, -0.2) is 57.6 Å². The number of ether oxygens (including phenoxy) is 1. The van der Waals surface area contributed by atoms with Crippen molar-refractivity contribution in [2.24, 2.45) is 0 Å². The Bertz CT molecular complexity index is 1360. The normalized spacial score (nSPS) is 17.6. The number of carbonyl (C=O) groups excluding carboxylic acids is 1. The van der Waals surface area contributed by atoms with E-state index >= 15 is 0 Å². The fraction of sp³-hybridized carbons (Fsp3) is 0.433. The van der Waals surface area contributed by atoms with Gasteiger partial charge >= 0.3 is 12.1 Å². The van der Waals surface area contributed by atoms with E-state index in [1.807, 2.05) is 31.6 Å². The second kappa shape index (κ2) is 10.8. The number of nitrogens with zero attached hydrogens (tertiary/aromatic N) is 4. The maximum Gasteiger partial charge on any atom is 0.415 e. The largest absolute Gasteiger partial charge is 0.478 e. The molecule has 0 saturated carbocycles. The van der Waals surface area contributed by atoms with Crippen LogP contribution in [0.15, 0.2) is 48.7 Å². The van der Waals surface area contributed by atoms with Gasteiger partial charge in [-0.3, -0.25) is 9.58 Å². The number of anilines is 1. The highest BCUT2D eigenvalue weighted by Gasteiger charge is 2.42. The van der Waals surface area contributed by atoms with E-state index in [4.69, 9.17) is 14.9 Å². The molecular formula is C30H37FN4O4. The van der Waals surface area contributed by atoms with Crippen molar-refractivity contribution in [3.8, 4) is 11.3 Å². The number of halogens is 1. The van der Waals surface area contributed by atoms with E-state index in [1.165, 1.54) is 23.1 Å². The maximum atomic E-state index is 14.2. The Labute approximate surface area is 229 Å². The Morgan fingerprint density at radius 3 is 2.49 bits per heavy atom. The molecule has 1 amide bonds. The van der Waals surface area contributed by atoms with Gasteiger partial charge in [0.05, 0.1) is 23.3 Å². The maximum absolute atomic E-state index is 14.2. The molecule has 1 aliphatic heterocycles. The van der Waals surface area contributed by atoms with Crippen LogP contribution < -0.4 is 4.90 Å². The molecule has 1 N–H and O–H groups in total. The Balaban J connectivity index is 1.47. The number of rotatable bonds is 9. The van der Waals surface area contributed by atoms with Crippen LogP contribution >= 0.6 is 0 Å². The molecule has 0 spiro atoms. The monoisotopic (exact) mass is 536 g/mol. The topological polar surface area (TPSA) is 87.9 Å². The molecule has 1 fully saturated rings. The first-order chi connectivity index (χ1) is 18.3. The molecule has 208 valence electrons. The predicted octanol–water partition coefficient (Wildman–Crippen LogP) is 5.94. The van der Waals surface area contributed by atoms with Gasteiger partial charge in [0.2, 0.25) is 0 Å². The molecule has 4 rings (SSSR count). The van der Waals surface area contributed by atoms with Crippen LogP contribution in [0.2, 0.25) is 0 Å². The molecule has 1 unspecified atom stereocenters. The van der Waals surface area contributed by atoms with Gasteiger partial charge in [0.15, 0.2) is 0 Å². The number of carboxylic acid groups (broad SMARTS) is 1.